The average molecular weight is 258 g/mol. The van der Waals surface area contributed by atoms with Crippen molar-refractivity contribution in [1.29, 1.82) is 0 Å². The van der Waals surface area contributed by atoms with E-state index in [4.69, 9.17) is 4.74 Å². The molecule has 0 saturated heterocycles. The Kier molecular flexibility index (Phi) is 3.95. The highest BCUT2D eigenvalue weighted by molar-refractivity contribution is 9.08. The number of hydrogen-bond donors (Lipinski definition) is 0. The van der Waals surface area contributed by atoms with Crippen LogP contribution in [-0.2, 0) is 5.33 Å². The highest BCUT2D eigenvalue weighted by atomic mass is 79.9. The van der Waals surface area contributed by atoms with Crippen LogP contribution < -0.4 is 4.74 Å². The maximum Gasteiger partial charge on any atom is 0.414 e. The maximum atomic E-state index is 11.2. The number of nitrogens with zero attached hydrogens (tertiary/aromatic N) is 1. The van der Waals surface area contributed by atoms with Crippen molar-refractivity contribution in [3.63, 3.8) is 0 Å². The second kappa shape index (κ2) is 5.00. The van der Waals surface area contributed by atoms with E-state index in [2.05, 4.69) is 15.9 Å². The minimum atomic E-state index is -0.364. The number of rotatable bonds is 2. The summed E-state index contributed by atoms with van der Waals surface area (Å²) in [5, 5.41) is 0.801. The van der Waals surface area contributed by atoms with E-state index >= 15 is 0 Å². The summed E-state index contributed by atoms with van der Waals surface area (Å²) in [5.41, 5.74) is 1.15. The first-order valence-corrected chi connectivity index (χ1v) is 5.29. The second-order valence-electron chi connectivity index (χ2n) is 3.04. The van der Waals surface area contributed by atoms with E-state index in [-0.39, 0.29) is 6.09 Å². The number of ether oxygens (including phenoxy) is 1. The zero-order valence-electron chi connectivity index (χ0n) is 8.16. The first kappa shape index (κ1) is 11.0. The number of carbonyl (C=O) groups is 1. The van der Waals surface area contributed by atoms with E-state index in [1.54, 1.807) is 26.2 Å². The Bertz CT molecular complexity index is 308. The Hall–Kier alpha value is -1.03. The first-order chi connectivity index (χ1) is 6.63. The van der Waals surface area contributed by atoms with E-state index < -0.39 is 0 Å². The molecule has 0 bridgehead atoms. The van der Waals surface area contributed by atoms with Gasteiger partial charge in [-0.15, -0.1) is 0 Å². The van der Waals surface area contributed by atoms with Crippen LogP contribution in [-0.4, -0.2) is 25.1 Å². The van der Waals surface area contributed by atoms with Gasteiger partial charge in [-0.1, -0.05) is 28.1 Å². The van der Waals surface area contributed by atoms with Crippen molar-refractivity contribution in [2.75, 3.05) is 14.1 Å². The molecule has 3 nitrogen and oxygen atoms in total. The molecule has 0 radical (unpaired) electrons. The molecular weight excluding hydrogens is 246 g/mol. The lowest BCUT2D eigenvalue weighted by Gasteiger charge is -2.10. The molecule has 0 fully saturated rings. The molecule has 0 aliphatic carbocycles. The fourth-order valence-corrected chi connectivity index (χ4v) is 1.21. The van der Waals surface area contributed by atoms with Gasteiger partial charge in [0.2, 0.25) is 0 Å². The molecule has 0 spiro atoms. The van der Waals surface area contributed by atoms with Crippen LogP contribution in [0.15, 0.2) is 24.3 Å². The molecule has 0 aliphatic heterocycles. The lowest BCUT2D eigenvalue weighted by molar-refractivity contribution is 0.172. The van der Waals surface area contributed by atoms with Gasteiger partial charge in [-0.3, -0.25) is 0 Å². The third kappa shape index (κ3) is 3.03. The summed E-state index contributed by atoms with van der Waals surface area (Å²) >= 11 is 3.34. The van der Waals surface area contributed by atoms with Crippen LogP contribution in [0.25, 0.3) is 0 Å². The molecule has 76 valence electrons. The third-order valence-electron chi connectivity index (χ3n) is 1.65. The van der Waals surface area contributed by atoms with Gasteiger partial charge >= 0.3 is 6.09 Å². The van der Waals surface area contributed by atoms with Crippen LogP contribution in [0.4, 0.5) is 4.79 Å². The van der Waals surface area contributed by atoms with E-state index in [1.165, 1.54) is 4.90 Å². The normalized spacial score (nSPS) is 9.64. The minimum Gasteiger partial charge on any atom is -0.410 e. The number of halogens is 1. The molecular formula is C10H12BrNO2. The van der Waals surface area contributed by atoms with Crippen LogP contribution in [0.2, 0.25) is 0 Å². The van der Waals surface area contributed by atoms with E-state index in [0.717, 1.165) is 10.9 Å². The minimum absolute atomic E-state index is 0.364. The molecule has 1 rings (SSSR count). The number of hydrogen-bond acceptors (Lipinski definition) is 2. The number of carbonyl (C=O) groups excluding carboxylic acids is 1. The fourth-order valence-electron chi connectivity index (χ4n) is 0.839. The predicted octanol–water partition coefficient (Wildman–Crippen LogP) is 2.64. The van der Waals surface area contributed by atoms with Gasteiger partial charge in [0.25, 0.3) is 0 Å². The van der Waals surface area contributed by atoms with Gasteiger partial charge in [0.1, 0.15) is 5.75 Å². The van der Waals surface area contributed by atoms with E-state index in [9.17, 15) is 4.79 Å². The van der Waals surface area contributed by atoms with Crippen molar-refractivity contribution in [3.05, 3.63) is 29.8 Å². The first-order valence-electron chi connectivity index (χ1n) is 4.17. The lowest BCUT2D eigenvalue weighted by Crippen LogP contribution is -2.25. The van der Waals surface area contributed by atoms with Crippen molar-refractivity contribution < 1.29 is 9.53 Å². The van der Waals surface area contributed by atoms with Gasteiger partial charge < -0.3 is 9.64 Å². The highest BCUT2D eigenvalue weighted by Gasteiger charge is 2.05. The second-order valence-corrected chi connectivity index (χ2v) is 3.60. The number of amides is 1. The summed E-state index contributed by atoms with van der Waals surface area (Å²) < 4.78 is 5.05. The predicted molar refractivity (Wildman–Crippen MR) is 58.8 cm³/mol. The summed E-state index contributed by atoms with van der Waals surface area (Å²) in [4.78, 5) is 12.5. The van der Waals surface area contributed by atoms with Crippen LogP contribution in [0.1, 0.15) is 5.56 Å². The fraction of sp³-hybridized carbons (Fsp3) is 0.300. The summed E-state index contributed by atoms with van der Waals surface area (Å²) in [6, 6.07) is 7.37. The summed E-state index contributed by atoms with van der Waals surface area (Å²) in [7, 11) is 3.30. The van der Waals surface area contributed by atoms with Crippen molar-refractivity contribution in [2.45, 2.75) is 5.33 Å². The standard InChI is InChI=1S/C10H12BrNO2/c1-12(2)10(13)14-9-5-3-8(7-11)4-6-9/h3-6H,7H2,1-2H3. The smallest absolute Gasteiger partial charge is 0.410 e. The van der Waals surface area contributed by atoms with E-state index in [0.29, 0.717) is 5.75 Å². The van der Waals surface area contributed by atoms with Crippen molar-refractivity contribution in [1.82, 2.24) is 4.90 Å². The molecule has 1 aromatic carbocycles. The number of alkyl halides is 1. The van der Waals surface area contributed by atoms with Crippen LogP contribution in [0.5, 0.6) is 5.75 Å². The van der Waals surface area contributed by atoms with Gasteiger partial charge in [-0.25, -0.2) is 4.79 Å². The SMILES string of the molecule is CN(C)C(=O)Oc1ccc(CBr)cc1. The number of benzene rings is 1. The van der Waals surface area contributed by atoms with Crippen molar-refractivity contribution in [2.24, 2.45) is 0 Å². The zero-order valence-corrected chi connectivity index (χ0v) is 9.74. The van der Waals surface area contributed by atoms with Gasteiger partial charge in [0, 0.05) is 19.4 Å². The van der Waals surface area contributed by atoms with Crippen LogP contribution in [0, 0.1) is 0 Å². The van der Waals surface area contributed by atoms with Crippen LogP contribution in [0.3, 0.4) is 0 Å². The Balaban J connectivity index is 2.64. The Morgan fingerprint density at radius 3 is 2.36 bits per heavy atom. The Labute approximate surface area is 91.8 Å². The third-order valence-corrected chi connectivity index (χ3v) is 2.30. The summed E-state index contributed by atoms with van der Waals surface area (Å²) in [5.74, 6) is 0.563. The molecule has 0 aliphatic rings. The molecule has 1 amide bonds. The molecule has 0 N–H and O–H groups in total. The molecule has 4 heteroatoms. The largest absolute Gasteiger partial charge is 0.414 e. The van der Waals surface area contributed by atoms with Gasteiger partial charge in [0.15, 0.2) is 0 Å². The topological polar surface area (TPSA) is 29.5 Å². The molecule has 0 heterocycles. The quantitative estimate of drug-likeness (QED) is 0.763. The van der Waals surface area contributed by atoms with Gasteiger partial charge in [-0.05, 0) is 17.7 Å². The van der Waals surface area contributed by atoms with Crippen molar-refractivity contribution >= 4 is 22.0 Å². The molecule has 1 aromatic rings. The zero-order chi connectivity index (χ0) is 10.6. The molecule has 0 aromatic heterocycles. The monoisotopic (exact) mass is 257 g/mol. The Morgan fingerprint density at radius 1 is 1.36 bits per heavy atom. The summed E-state index contributed by atoms with van der Waals surface area (Å²) in [6.07, 6.45) is -0.364. The van der Waals surface area contributed by atoms with Crippen LogP contribution >= 0.6 is 15.9 Å². The van der Waals surface area contributed by atoms with Crippen molar-refractivity contribution in [3.8, 4) is 5.75 Å². The summed E-state index contributed by atoms with van der Waals surface area (Å²) in [6.45, 7) is 0. The van der Waals surface area contributed by atoms with E-state index in [1.807, 2.05) is 12.1 Å². The molecule has 0 atom stereocenters. The molecule has 0 unspecified atom stereocenters. The molecule has 0 saturated carbocycles. The molecule has 14 heavy (non-hydrogen) atoms. The average Bonchev–Trinajstić information content (AvgIpc) is 2.19. The lowest BCUT2D eigenvalue weighted by atomic mass is 10.2. The maximum absolute atomic E-state index is 11.2. The highest BCUT2D eigenvalue weighted by Crippen LogP contribution is 2.14. The van der Waals surface area contributed by atoms with Gasteiger partial charge in [-0.2, -0.15) is 0 Å². The Morgan fingerprint density at radius 2 is 1.93 bits per heavy atom. The van der Waals surface area contributed by atoms with Gasteiger partial charge in [0.05, 0.1) is 0 Å².